The largest absolute Gasteiger partial charge is 0.323 e. The third-order valence-corrected chi connectivity index (χ3v) is 3.82. The first-order valence-corrected chi connectivity index (χ1v) is 7.98. The van der Waals surface area contributed by atoms with Crippen LogP contribution >= 0.6 is 23.2 Å². The first-order chi connectivity index (χ1) is 12.4. The summed E-state index contributed by atoms with van der Waals surface area (Å²) < 4.78 is 26.1. The van der Waals surface area contributed by atoms with Crippen LogP contribution in [0.15, 0.2) is 48.8 Å². The topological polar surface area (TPSA) is 66.9 Å². The molecule has 0 aliphatic carbocycles. The molecule has 132 valence electrons. The number of nitrogens with zero attached hydrogens (tertiary/aromatic N) is 2. The molecule has 0 atom stereocenters. The Bertz CT molecular complexity index is 967. The average molecular weight is 395 g/mol. The Morgan fingerprint density at radius 2 is 1.69 bits per heavy atom. The molecule has 1 heterocycles. The van der Waals surface area contributed by atoms with Crippen LogP contribution in [-0.2, 0) is 0 Å². The van der Waals surface area contributed by atoms with Crippen LogP contribution in [0.5, 0.6) is 0 Å². The Hall–Kier alpha value is -2.77. The van der Waals surface area contributed by atoms with Gasteiger partial charge in [0.05, 0.1) is 16.3 Å². The SMILES string of the molecule is O=C(Nc1ccc(F)c(F)c1)c1cnc(Nc2ccc(Cl)cc2Cl)nc1. The zero-order valence-electron chi connectivity index (χ0n) is 12.9. The minimum absolute atomic E-state index is 0.115. The molecule has 26 heavy (non-hydrogen) atoms. The van der Waals surface area contributed by atoms with E-state index in [2.05, 4.69) is 20.6 Å². The zero-order chi connectivity index (χ0) is 18.7. The summed E-state index contributed by atoms with van der Waals surface area (Å²) in [6.45, 7) is 0. The highest BCUT2D eigenvalue weighted by atomic mass is 35.5. The summed E-state index contributed by atoms with van der Waals surface area (Å²) in [4.78, 5) is 20.2. The Morgan fingerprint density at radius 3 is 2.35 bits per heavy atom. The number of hydrogen-bond donors (Lipinski definition) is 2. The Labute approximate surface area is 157 Å². The fourth-order valence-corrected chi connectivity index (χ4v) is 2.45. The highest BCUT2D eigenvalue weighted by Crippen LogP contribution is 2.27. The Morgan fingerprint density at radius 1 is 0.962 bits per heavy atom. The molecule has 3 rings (SSSR count). The van der Waals surface area contributed by atoms with Crippen molar-refractivity contribution >= 4 is 46.4 Å². The minimum Gasteiger partial charge on any atom is -0.323 e. The second kappa shape index (κ2) is 7.63. The van der Waals surface area contributed by atoms with Gasteiger partial charge in [-0.15, -0.1) is 0 Å². The van der Waals surface area contributed by atoms with E-state index in [0.29, 0.717) is 15.7 Å². The molecule has 0 spiro atoms. The summed E-state index contributed by atoms with van der Waals surface area (Å²) in [6.07, 6.45) is 2.57. The first-order valence-electron chi connectivity index (χ1n) is 7.23. The van der Waals surface area contributed by atoms with Crippen molar-refractivity contribution in [3.63, 3.8) is 0 Å². The van der Waals surface area contributed by atoms with Gasteiger partial charge in [-0.3, -0.25) is 4.79 Å². The van der Waals surface area contributed by atoms with Crippen LogP contribution in [0.25, 0.3) is 0 Å². The number of amides is 1. The van der Waals surface area contributed by atoms with Crippen LogP contribution in [0.3, 0.4) is 0 Å². The van der Waals surface area contributed by atoms with E-state index in [1.54, 1.807) is 18.2 Å². The number of carbonyl (C=O) groups excluding carboxylic acids is 1. The van der Waals surface area contributed by atoms with E-state index >= 15 is 0 Å². The third kappa shape index (κ3) is 4.25. The van der Waals surface area contributed by atoms with Crippen LogP contribution in [0.1, 0.15) is 10.4 Å². The molecular weight excluding hydrogens is 385 g/mol. The van der Waals surface area contributed by atoms with Crippen molar-refractivity contribution in [3.05, 3.63) is 76.0 Å². The summed E-state index contributed by atoms with van der Waals surface area (Å²) in [5.41, 5.74) is 0.807. The van der Waals surface area contributed by atoms with Gasteiger partial charge in [-0.05, 0) is 30.3 Å². The maximum absolute atomic E-state index is 13.2. The van der Waals surface area contributed by atoms with Gasteiger partial charge in [0.2, 0.25) is 5.95 Å². The fourth-order valence-electron chi connectivity index (χ4n) is 2.00. The second-order valence-electron chi connectivity index (χ2n) is 5.13. The zero-order valence-corrected chi connectivity index (χ0v) is 14.4. The molecule has 0 aliphatic rings. The van der Waals surface area contributed by atoms with Gasteiger partial charge in [0.25, 0.3) is 5.91 Å². The highest BCUT2D eigenvalue weighted by Gasteiger charge is 2.10. The Balaban J connectivity index is 1.70. The monoisotopic (exact) mass is 394 g/mol. The van der Waals surface area contributed by atoms with Gasteiger partial charge in [0.1, 0.15) is 0 Å². The van der Waals surface area contributed by atoms with Gasteiger partial charge >= 0.3 is 0 Å². The van der Waals surface area contributed by atoms with Gasteiger partial charge in [-0.1, -0.05) is 23.2 Å². The van der Waals surface area contributed by atoms with Crippen molar-refractivity contribution in [1.29, 1.82) is 0 Å². The lowest BCUT2D eigenvalue weighted by molar-refractivity contribution is 0.102. The predicted molar refractivity (Wildman–Crippen MR) is 96.1 cm³/mol. The normalized spacial score (nSPS) is 10.5. The number of aromatic nitrogens is 2. The summed E-state index contributed by atoms with van der Waals surface area (Å²) in [5, 5.41) is 6.20. The van der Waals surface area contributed by atoms with Crippen LogP contribution in [-0.4, -0.2) is 15.9 Å². The molecule has 0 fully saturated rings. The van der Waals surface area contributed by atoms with Crippen molar-refractivity contribution in [2.45, 2.75) is 0 Å². The molecule has 1 amide bonds. The number of halogens is 4. The average Bonchev–Trinajstić information content (AvgIpc) is 2.61. The standard InChI is InChI=1S/C17H10Cl2F2N4O/c18-10-1-4-15(12(19)5-10)25-17-22-7-9(8-23-17)16(26)24-11-2-3-13(20)14(21)6-11/h1-8H,(H,24,26)(H,22,23,25). The van der Waals surface area contributed by atoms with E-state index in [9.17, 15) is 13.6 Å². The van der Waals surface area contributed by atoms with E-state index in [1.807, 2.05) is 0 Å². The molecule has 1 aromatic heterocycles. The van der Waals surface area contributed by atoms with Gasteiger partial charge in [0.15, 0.2) is 11.6 Å². The van der Waals surface area contributed by atoms with Crippen LogP contribution in [0.4, 0.5) is 26.1 Å². The number of hydrogen-bond acceptors (Lipinski definition) is 4. The lowest BCUT2D eigenvalue weighted by Gasteiger charge is -2.08. The molecule has 0 unspecified atom stereocenters. The molecule has 0 saturated carbocycles. The first kappa shape index (κ1) is 18.0. The van der Waals surface area contributed by atoms with Gasteiger partial charge in [-0.25, -0.2) is 18.7 Å². The molecule has 9 heteroatoms. The van der Waals surface area contributed by atoms with Crippen molar-refractivity contribution in [1.82, 2.24) is 9.97 Å². The smallest absolute Gasteiger partial charge is 0.258 e. The van der Waals surface area contributed by atoms with Crippen molar-refractivity contribution in [2.24, 2.45) is 0 Å². The molecule has 2 aromatic carbocycles. The summed E-state index contributed by atoms with van der Waals surface area (Å²) in [6, 6.07) is 7.93. The predicted octanol–water partition coefficient (Wildman–Crippen LogP) is 5.06. The van der Waals surface area contributed by atoms with E-state index in [0.717, 1.165) is 12.1 Å². The van der Waals surface area contributed by atoms with E-state index in [1.165, 1.54) is 18.5 Å². The highest BCUT2D eigenvalue weighted by molar-refractivity contribution is 6.36. The van der Waals surface area contributed by atoms with Crippen molar-refractivity contribution in [3.8, 4) is 0 Å². The van der Waals surface area contributed by atoms with Crippen LogP contribution < -0.4 is 10.6 Å². The summed E-state index contributed by atoms with van der Waals surface area (Å²) in [7, 11) is 0. The lowest BCUT2D eigenvalue weighted by Crippen LogP contribution is -2.13. The number of rotatable bonds is 4. The maximum Gasteiger partial charge on any atom is 0.258 e. The van der Waals surface area contributed by atoms with Gasteiger partial charge in [-0.2, -0.15) is 0 Å². The van der Waals surface area contributed by atoms with Gasteiger partial charge < -0.3 is 10.6 Å². The van der Waals surface area contributed by atoms with E-state index < -0.39 is 17.5 Å². The van der Waals surface area contributed by atoms with Crippen LogP contribution in [0, 0.1) is 11.6 Å². The van der Waals surface area contributed by atoms with E-state index in [4.69, 9.17) is 23.2 Å². The van der Waals surface area contributed by atoms with Crippen LogP contribution in [0.2, 0.25) is 10.0 Å². The molecule has 0 saturated heterocycles. The molecule has 0 bridgehead atoms. The quantitative estimate of drug-likeness (QED) is 0.648. The number of anilines is 3. The fraction of sp³-hybridized carbons (Fsp3) is 0. The van der Waals surface area contributed by atoms with Gasteiger partial charge in [0, 0.05) is 29.2 Å². The third-order valence-electron chi connectivity index (χ3n) is 3.27. The van der Waals surface area contributed by atoms with Crippen molar-refractivity contribution < 1.29 is 13.6 Å². The summed E-state index contributed by atoms with van der Waals surface area (Å²) >= 11 is 11.9. The lowest BCUT2D eigenvalue weighted by atomic mass is 10.2. The minimum atomic E-state index is -1.06. The molecule has 2 N–H and O–H groups in total. The molecule has 0 radical (unpaired) electrons. The molecule has 5 nitrogen and oxygen atoms in total. The summed E-state index contributed by atoms with van der Waals surface area (Å²) in [5.74, 6) is -2.40. The molecular formula is C17H10Cl2F2N4O. The Kier molecular flexibility index (Phi) is 5.29. The molecule has 3 aromatic rings. The second-order valence-corrected chi connectivity index (χ2v) is 5.97. The molecule has 0 aliphatic heterocycles. The van der Waals surface area contributed by atoms with E-state index in [-0.39, 0.29) is 17.2 Å². The maximum atomic E-state index is 13.2. The van der Waals surface area contributed by atoms with Crippen molar-refractivity contribution in [2.75, 3.05) is 10.6 Å². The number of benzene rings is 2. The number of nitrogens with one attached hydrogen (secondary N) is 2. The number of carbonyl (C=O) groups is 1.